The minimum absolute atomic E-state index is 0.00611. The lowest BCUT2D eigenvalue weighted by atomic mass is 9.73. The van der Waals surface area contributed by atoms with Gasteiger partial charge in [0.2, 0.25) is 0 Å². The Morgan fingerprint density at radius 3 is 0.829 bits per heavy atom. The highest BCUT2D eigenvalue weighted by Gasteiger charge is 2.63. The van der Waals surface area contributed by atoms with E-state index < -0.39 is 59.2 Å². The van der Waals surface area contributed by atoms with Crippen LogP contribution < -0.4 is 0 Å². The van der Waals surface area contributed by atoms with Crippen molar-refractivity contribution in [1.82, 2.24) is 0 Å². The standard InChI is InChI=1S/C64H46F12/c1-6-58(62(68,69)70)51-27-34(4)13-20-43(51)44-22-16-37(30-52(44)58)38-17-24-47-48-26-19-40(33-56(48)60(8-3,55(47)31-38)64(74,75)76)39-18-25-46-45-23-15-36(29-53(45)59(7-2,54(46)32-39)63(71,72)73)35-14-21-42-41-11-9-10-12-49(41)57(5,50(42)28-35)61(65,66)67/h9-33H,6-8H2,1-5H3. The van der Waals surface area contributed by atoms with Gasteiger partial charge in [0.25, 0.3) is 0 Å². The van der Waals surface area contributed by atoms with Crippen LogP contribution in [-0.4, -0.2) is 24.7 Å². The molecule has 0 saturated heterocycles. The van der Waals surface area contributed by atoms with E-state index in [9.17, 15) is 0 Å². The third kappa shape index (κ3) is 6.24. The Kier molecular flexibility index (Phi) is 10.5. The van der Waals surface area contributed by atoms with E-state index in [2.05, 4.69) is 0 Å². The molecule has 4 atom stereocenters. The van der Waals surface area contributed by atoms with E-state index in [4.69, 9.17) is 0 Å². The molecule has 12 heteroatoms. The molecule has 0 bridgehead atoms. The molecular weight excluding hydrogens is 997 g/mol. The molecule has 0 aromatic heterocycles. The van der Waals surface area contributed by atoms with Gasteiger partial charge in [0, 0.05) is 0 Å². The Balaban J connectivity index is 0.946. The molecule has 0 amide bonds. The summed E-state index contributed by atoms with van der Waals surface area (Å²) in [6.45, 7) is 7.14. The van der Waals surface area contributed by atoms with Crippen molar-refractivity contribution in [2.75, 3.05) is 0 Å². The topological polar surface area (TPSA) is 0 Å². The van der Waals surface area contributed by atoms with Crippen molar-refractivity contribution in [3.63, 3.8) is 0 Å². The first-order valence-electron chi connectivity index (χ1n) is 25.2. The smallest absolute Gasteiger partial charge is 0.170 e. The maximum absolute atomic E-state index is 16.2. The number of rotatable bonds is 6. The Labute approximate surface area is 431 Å². The zero-order valence-electron chi connectivity index (χ0n) is 41.6. The highest BCUT2D eigenvalue weighted by Crippen LogP contribution is 2.64. The lowest BCUT2D eigenvalue weighted by molar-refractivity contribution is -0.178. The monoisotopic (exact) mass is 1040 g/mol. The molecule has 0 spiro atoms. The summed E-state index contributed by atoms with van der Waals surface area (Å²) in [7, 11) is 0. The third-order valence-electron chi connectivity index (χ3n) is 17.8. The first kappa shape index (κ1) is 49.8. The van der Waals surface area contributed by atoms with Gasteiger partial charge in [-0.05, 0) is 192 Å². The highest BCUT2D eigenvalue weighted by molar-refractivity contribution is 5.92. The summed E-state index contributed by atoms with van der Waals surface area (Å²) in [5.74, 6) is 0. The fraction of sp³-hybridized carbons (Fsp3) is 0.250. The molecular formula is C64H46F12. The van der Waals surface area contributed by atoms with E-state index in [0.29, 0.717) is 44.5 Å². The van der Waals surface area contributed by atoms with Crippen LogP contribution in [0.3, 0.4) is 0 Å². The molecule has 76 heavy (non-hydrogen) atoms. The van der Waals surface area contributed by atoms with Gasteiger partial charge in [0.1, 0.15) is 21.7 Å². The van der Waals surface area contributed by atoms with Crippen LogP contribution in [0.25, 0.3) is 77.9 Å². The van der Waals surface area contributed by atoms with Gasteiger partial charge in [-0.15, -0.1) is 0 Å². The van der Waals surface area contributed by atoms with Crippen LogP contribution in [-0.2, 0) is 21.7 Å². The van der Waals surface area contributed by atoms with Crippen LogP contribution >= 0.6 is 0 Å². The molecule has 0 nitrogen and oxygen atoms in total. The first-order chi connectivity index (χ1) is 35.8. The normalized spacial score (nSPS) is 21.9. The van der Waals surface area contributed by atoms with Crippen molar-refractivity contribution in [3.8, 4) is 77.9 Å². The van der Waals surface area contributed by atoms with Crippen molar-refractivity contribution in [3.05, 3.63) is 202 Å². The van der Waals surface area contributed by atoms with Crippen molar-refractivity contribution in [2.24, 2.45) is 0 Å². The maximum Gasteiger partial charge on any atom is 0.402 e. The van der Waals surface area contributed by atoms with Gasteiger partial charge in [0.05, 0.1) is 0 Å². The van der Waals surface area contributed by atoms with Crippen LogP contribution in [0.1, 0.15) is 97.0 Å². The summed E-state index contributed by atoms with van der Waals surface area (Å²) in [6, 6.07) is 38.7. The number of benzene rings is 8. The summed E-state index contributed by atoms with van der Waals surface area (Å²) < 4.78 is 188. The van der Waals surface area contributed by atoms with Crippen LogP contribution in [0.5, 0.6) is 0 Å². The van der Waals surface area contributed by atoms with Gasteiger partial charge in [-0.1, -0.05) is 142 Å². The van der Waals surface area contributed by atoms with Crippen LogP contribution in [0.4, 0.5) is 52.7 Å². The highest BCUT2D eigenvalue weighted by atomic mass is 19.4. The lowest BCUT2D eigenvalue weighted by Crippen LogP contribution is -2.41. The molecule has 8 aromatic rings. The second kappa shape index (κ2) is 16.0. The Morgan fingerprint density at radius 1 is 0.289 bits per heavy atom. The minimum atomic E-state index is -4.90. The molecule has 4 aliphatic rings. The molecule has 0 fully saturated rings. The largest absolute Gasteiger partial charge is 0.402 e. The van der Waals surface area contributed by atoms with Crippen molar-refractivity contribution >= 4 is 0 Å². The average molecular weight is 1040 g/mol. The first-order valence-corrected chi connectivity index (χ1v) is 25.2. The van der Waals surface area contributed by atoms with Gasteiger partial charge in [-0.25, -0.2) is 0 Å². The van der Waals surface area contributed by atoms with Gasteiger partial charge >= 0.3 is 24.7 Å². The van der Waals surface area contributed by atoms with Gasteiger partial charge in [0.15, 0.2) is 0 Å². The van der Waals surface area contributed by atoms with Crippen LogP contribution in [0, 0.1) is 6.92 Å². The maximum atomic E-state index is 16.2. The Bertz CT molecular complexity index is 3780. The molecule has 4 aliphatic carbocycles. The van der Waals surface area contributed by atoms with E-state index in [-0.39, 0.29) is 89.9 Å². The van der Waals surface area contributed by atoms with Crippen molar-refractivity contribution in [2.45, 2.75) is 100 Å². The van der Waals surface area contributed by atoms with Crippen LogP contribution in [0.15, 0.2) is 152 Å². The number of hydrogen-bond donors (Lipinski definition) is 0. The molecule has 0 heterocycles. The van der Waals surface area contributed by atoms with Gasteiger partial charge < -0.3 is 0 Å². The zero-order chi connectivity index (χ0) is 54.1. The molecule has 4 unspecified atom stereocenters. The van der Waals surface area contributed by atoms with E-state index in [1.54, 1.807) is 116 Å². The summed E-state index contributed by atoms with van der Waals surface area (Å²) >= 11 is 0. The fourth-order valence-corrected chi connectivity index (χ4v) is 13.9. The summed E-state index contributed by atoms with van der Waals surface area (Å²) in [5, 5.41) is 0. The van der Waals surface area contributed by atoms with Gasteiger partial charge in [-0.3, -0.25) is 0 Å². The van der Waals surface area contributed by atoms with E-state index in [1.807, 2.05) is 0 Å². The molecule has 0 radical (unpaired) electrons. The molecule has 0 N–H and O–H groups in total. The number of alkyl halides is 12. The molecule has 12 rings (SSSR count). The predicted octanol–water partition coefficient (Wildman–Crippen LogP) is 19.6. The average Bonchev–Trinajstić information content (AvgIpc) is 4.26. The summed E-state index contributed by atoms with van der Waals surface area (Å²) in [4.78, 5) is 0. The number of fused-ring (bicyclic) bond motifs is 12. The summed E-state index contributed by atoms with van der Waals surface area (Å²) in [6.07, 6.45) is -20.4. The quantitative estimate of drug-likeness (QED) is 0.146. The van der Waals surface area contributed by atoms with Crippen molar-refractivity contribution < 1.29 is 52.7 Å². The Morgan fingerprint density at radius 2 is 0.539 bits per heavy atom. The Hall–Kier alpha value is -7.08. The third-order valence-corrected chi connectivity index (χ3v) is 17.8. The van der Waals surface area contributed by atoms with E-state index in [0.717, 1.165) is 6.92 Å². The lowest BCUT2D eigenvalue weighted by Gasteiger charge is -2.34. The van der Waals surface area contributed by atoms with Gasteiger partial charge in [-0.2, -0.15) is 52.7 Å². The molecule has 8 aromatic carbocycles. The molecule has 0 saturated carbocycles. The van der Waals surface area contributed by atoms with Crippen molar-refractivity contribution in [1.29, 1.82) is 0 Å². The van der Waals surface area contributed by atoms with Crippen LogP contribution in [0.2, 0.25) is 0 Å². The number of aryl methyl sites for hydroxylation is 1. The van der Waals surface area contributed by atoms with E-state index in [1.165, 1.54) is 63.2 Å². The number of hydrogen-bond acceptors (Lipinski definition) is 0. The fourth-order valence-electron chi connectivity index (χ4n) is 13.9. The summed E-state index contributed by atoms with van der Waals surface area (Å²) in [5.41, 5.74) is -4.91. The SMILES string of the molecule is CCC1(C(F)(F)F)c2cc(C)ccc2-c2ccc(-c3ccc4c(c3)C(CC)(C(F)(F)F)c3cc(-c5ccc6c(c5)C(CC)(C(F)(F)F)c5cc(-c7ccc8c(c7)C(C)(C(F)(F)F)c7ccccc7-8)ccc5-6)ccc3-4)cc21. The molecule has 0 aliphatic heterocycles. The number of halogens is 12. The second-order valence-electron chi connectivity index (χ2n) is 21.0. The zero-order valence-corrected chi connectivity index (χ0v) is 41.6. The second-order valence-corrected chi connectivity index (χ2v) is 21.0. The molecule has 386 valence electrons. The minimum Gasteiger partial charge on any atom is -0.170 e. The predicted molar refractivity (Wildman–Crippen MR) is 273 cm³/mol. The van der Waals surface area contributed by atoms with E-state index >= 15 is 52.7 Å².